The van der Waals surface area contributed by atoms with Gasteiger partial charge in [-0.1, -0.05) is 18.5 Å². The molecule has 0 amide bonds. The summed E-state index contributed by atoms with van der Waals surface area (Å²) in [6, 6.07) is 3.39. The minimum absolute atomic E-state index is 0.434. The van der Waals surface area contributed by atoms with Crippen molar-refractivity contribution in [2.75, 3.05) is 31.4 Å². The van der Waals surface area contributed by atoms with Crippen LogP contribution in [0.25, 0.3) is 0 Å². The van der Waals surface area contributed by atoms with Crippen molar-refractivity contribution in [3.05, 3.63) is 27.2 Å². The third-order valence-electron chi connectivity index (χ3n) is 2.97. The van der Waals surface area contributed by atoms with E-state index in [0.29, 0.717) is 21.7 Å². The Morgan fingerprint density at radius 3 is 2.67 bits per heavy atom. The molecule has 0 radical (unpaired) electrons. The summed E-state index contributed by atoms with van der Waals surface area (Å²) >= 11 is 9.38. The third-order valence-corrected chi connectivity index (χ3v) is 5.52. The molecule has 0 unspecified atom stereocenters. The molecule has 1 aromatic rings. The topological polar surface area (TPSA) is 61.4 Å². The molecule has 0 aliphatic heterocycles. The van der Waals surface area contributed by atoms with Crippen molar-refractivity contribution in [3.8, 4) is 0 Å². The predicted octanol–water partition coefficient (Wildman–Crippen LogP) is 3.00. The van der Waals surface area contributed by atoms with Crippen LogP contribution in [0.2, 0.25) is 5.02 Å². The first-order valence-electron chi connectivity index (χ1n) is 6.68. The van der Waals surface area contributed by atoms with Gasteiger partial charge in [0.25, 0.3) is 0 Å². The van der Waals surface area contributed by atoms with Crippen molar-refractivity contribution in [3.63, 3.8) is 0 Å². The quantitative estimate of drug-likeness (QED) is 0.662. The number of halogens is 2. The zero-order chi connectivity index (χ0) is 16.0. The molecule has 0 spiro atoms. The molecule has 8 heteroatoms. The second kappa shape index (κ2) is 8.33. The monoisotopic (exact) mass is 397 g/mol. The van der Waals surface area contributed by atoms with Gasteiger partial charge in [-0.2, -0.15) is 12.7 Å². The van der Waals surface area contributed by atoms with Crippen LogP contribution in [0.4, 0.5) is 5.69 Å². The van der Waals surface area contributed by atoms with Gasteiger partial charge in [-0.3, -0.25) is 4.72 Å². The lowest BCUT2D eigenvalue weighted by Gasteiger charge is -2.19. The maximum absolute atomic E-state index is 12.2. The van der Waals surface area contributed by atoms with Crippen molar-refractivity contribution >= 4 is 43.4 Å². The average Bonchev–Trinajstić information content (AvgIpc) is 2.40. The van der Waals surface area contributed by atoms with E-state index in [1.165, 1.54) is 4.31 Å². The number of hydrogen-bond acceptors (Lipinski definition) is 3. The van der Waals surface area contributed by atoms with Gasteiger partial charge in [0.05, 0.1) is 5.69 Å². The second-order valence-corrected chi connectivity index (χ2v) is 7.76. The molecule has 0 fully saturated rings. The lowest BCUT2D eigenvalue weighted by atomic mass is 10.2. The van der Waals surface area contributed by atoms with E-state index in [-0.39, 0.29) is 0 Å². The van der Waals surface area contributed by atoms with Crippen molar-refractivity contribution in [2.24, 2.45) is 0 Å². The summed E-state index contributed by atoms with van der Waals surface area (Å²) in [7, 11) is -2.03. The number of rotatable bonds is 8. The molecule has 0 aromatic heterocycles. The summed E-state index contributed by atoms with van der Waals surface area (Å²) in [5, 5.41) is 3.68. The van der Waals surface area contributed by atoms with Crippen LogP contribution in [0.15, 0.2) is 16.6 Å². The smallest absolute Gasteiger partial charge is 0.301 e. The molecule has 120 valence electrons. The molecule has 0 aliphatic rings. The molecule has 0 atom stereocenters. The molecule has 1 aromatic carbocycles. The Hall–Kier alpha value is -0.340. The molecule has 0 aliphatic carbocycles. The summed E-state index contributed by atoms with van der Waals surface area (Å²) in [6.07, 6.45) is 0.751. The minimum Gasteiger partial charge on any atom is -0.317 e. The van der Waals surface area contributed by atoms with E-state index in [9.17, 15) is 8.42 Å². The van der Waals surface area contributed by atoms with Gasteiger partial charge < -0.3 is 5.32 Å². The summed E-state index contributed by atoms with van der Waals surface area (Å²) in [6.45, 7) is 5.98. The lowest BCUT2D eigenvalue weighted by Crippen LogP contribution is -2.34. The van der Waals surface area contributed by atoms with Gasteiger partial charge in [0, 0.05) is 23.1 Å². The summed E-state index contributed by atoms with van der Waals surface area (Å²) in [5.74, 6) is 0. The number of nitrogens with zero attached hydrogens (tertiary/aromatic N) is 1. The molecule has 0 heterocycles. The summed E-state index contributed by atoms with van der Waals surface area (Å²) < 4.78 is 29.0. The number of aryl methyl sites for hydroxylation is 1. The molecule has 21 heavy (non-hydrogen) atoms. The number of nitrogens with one attached hydrogen (secondary N) is 2. The molecule has 5 nitrogen and oxygen atoms in total. The fraction of sp³-hybridized carbons (Fsp3) is 0.538. The van der Waals surface area contributed by atoms with Crippen LogP contribution in [0.3, 0.4) is 0 Å². The first-order valence-corrected chi connectivity index (χ1v) is 9.29. The highest BCUT2D eigenvalue weighted by atomic mass is 79.9. The van der Waals surface area contributed by atoms with Crippen LogP contribution >= 0.6 is 27.5 Å². The van der Waals surface area contributed by atoms with Crippen molar-refractivity contribution in [2.45, 2.75) is 20.3 Å². The van der Waals surface area contributed by atoms with Crippen molar-refractivity contribution < 1.29 is 8.42 Å². The molecule has 1 rings (SSSR count). The highest BCUT2D eigenvalue weighted by molar-refractivity contribution is 9.10. The van der Waals surface area contributed by atoms with Gasteiger partial charge in [0.15, 0.2) is 0 Å². The largest absolute Gasteiger partial charge is 0.317 e. The average molecular weight is 399 g/mol. The number of hydrogen-bond donors (Lipinski definition) is 2. The molecule has 2 N–H and O–H groups in total. The number of anilines is 1. The molecular weight excluding hydrogens is 378 g/mol. The first-order chi connectivity index (χ1) is 9.77. The standard InChI is InChI=1S/C13H21BrClN3O2S/c1-4-16-6-5-7-18(3)21(19,20)17-13-9-12(15)10(2)8-11(13)14/h8-9,16-17H,4-7H2,1-3H3. The Labute approximate surface area is 140 Å². The van der Waals surface area contributed by atoms with Crippen LogP contribution in [0.1, 0.15) is 18.9 Å². The fourth-order valence-corrected chi connectivity index (χ4v) is 3.49. The minimum atomic E-state index is -3.59. The van der Waals surface area contributed by atoms with E-state index in [4.69, 9.17) is 11.6 Å². The highest BCUT2D eigenvalue weighted by Crippen LogP contribution is 2.30. The van der Waals surface area contributed by atoms with Gasteiger partial charge in [-0.05, 0) is 60.1 Å². The fourth-order valence-electron chi connectivity index (χ4n) is 1.67. The van der Waals surface area contributed by atoms with Gasteiger partial charge >= 0.3 is 10.2 Å². The third kappa shape index (κ3) is 5.75. The van der Waals surface area contributed by atoms with E-state index < -0.39 is 10.2 Å². The zero-order valence-corrected chi connectivity index (χ0v) is 15.6. The molecule has 0 saturated heterocycles. The van der Waals surface area contributed by atoms with Gasteiger partial charge in [0.2, 0.25) is 0 Å². The van der Waals surface area contributed by atoms with E-state index in [1.54, 1.807) is 19.2 Å². The Balaban J connectivity index is 2.74. The highest BCUT2D eigenvalue weighted by Gasteiger charge is 2.18. The molecule has 0 saturated carbocycles. The lowest BCUT2D eigenvalue weighted by molar-refractivity contribution is 0.459. The van der Waals surface area contributed by atoms with Crippen molar-refractivity contribution in [1.82, 2.24) is 9.62 Å². The van der Waals surface area contributed by atoms with E-state index in [0.717, 1.165) is 25.1 Å². The van der Waals surface area contributed by atoms with Crippen LogP contribution < -0.4 is 10.0 Å². The predicted molar refractivity (Wildman–Crippen MR) is 92.2 cm³/mol. The van der Waals surface area contributed by atoms with Crippen molar-refractivity contribution in [1.29, 1.82) is 0 Å². The summed E-state index contributed by atoms with van der Waals surface area (Å²) in [5.41, 5.74) is 1.31. The van der Waals surface area contributed by atoms with Gasteiger partial charge in [-0.25, -0.2) is 0 Å². The van der Waals surface area contributed by atoms with E-state index in [1.807, 2.05) is 13.8 Å². The summed E-state index contributed by atoms with van der Waals surface area (Å²) in [4.78, 5) is 0. The van der Waals surface area contributed by atoms with Crippen LogP contribution in [0.5, 0.6) is 0 Å². The first kappa shape index (κ1) is 18.7. The SMILES string of the molecule is CCNCCCN(C)S(=O)(=O)Nc1cc(Cl)c(C)cc1Br. The van der Waals surface area contributed by atoms with Gasteiger partial charge in [-0.15, -0.1) is 0 Å². The maximum atomic E-state index is 12.2. The molecular formula is C13H21BrClN3O2S. The van der Waals surface area contributed by atoms with Crippen LogP contribution in [-0.4, -0.2) is 39.4 Å². The second-order valence-electron chi connectivity index (χ2n) is 4.72. The Kier molecular flexibility index (Phi) is 7.42. The Bertz CT molecular complexity index is 581. The Morgan fingerprint density at radius 2 is 2.05 bits per heavy atom. The van der Waals surface area contributed by atoms with Crippen LogP contribution in [0, 0.1) is 6.92 Å². The Morgan fingerprint density at radius 1 is 1.38 bits per heavy atom. The zero-order valence-electron chi connectivity index (χ0n) is 12.4. The van der Waals surface area contributed by atoms with Gasteiger partial charge in [0.1, 0.15) is 0 Å². The van der Waals surface area contributed by atoms with E-state index in [2.05, 4.69) is 26.0 Å². The van der Waals surface area contributed by atoms with Crippen LogP contribution in [-0.2, 0) is 10.2 Å². The van der Waals surface area contributed by atoms with E-state index >= 15 is 0 Å². The normalized spacial score (nSPS) is 11.9. The maximum Gasteiger partial charge on any atom is 0.301 e. The molecule has 0 bridgehead atoms. The number of benzene rings is 1.